The van der Waals surface area contributed by atoms with Gasteiger partial charge in [-0.15, -0.1) is 0 Å². The molecule has 4 nitrogen and oxygen atoms in total. The van der Waals surface area contributed by atoms with Crippen molar-refractivity contribution >= 4 is 17.4 Å². The van der Waals surface area contributed by atoms with Gasteiger partial charge in [-0.25, -0.2) is 8.78 Å². The number of amides is 1. The zero-order valence-electron chi connectivity index (χ0n) is 16.9. The van der Waals surface area contributed by atoms with Crippen molar-refractivity contribution in [3.63, 3.8) is 0 Å². The SMILES string of the molecule is O=C(c1ccc(F)cc1)c1ccccc1C(=O)N1CCC(Nc2ccc(F)cc2)CC1. The first kappa shape index (κ1) is 20.7. The number of halogens is 2. The van der Waals surface area contributed by atoms with E-state index in [1.165, 1.54) is 36.4 Å². The van der Waals surface area contributed by atoms with Gasteiger partial charge in [0, 0.05) is 35.9 Å². The van der Waals surface area contributed by atoms with Crippen molar-refractivity contribution in [1.82, 2.24) is 4.90 Å². The number of anilines is 1. The minimum atomic E-state index is -0.418. The molecule has 0 bridgehead atoms. The minimum Gasteiger partial charge on any atom is -0.382 e. The number of piperidine rings is 1. The first-order valence-electron chi connectivity index (χ1n) is 10.2. The lowest BCUT2D eigenvalue weighted by molar-refractivity contribution is 0.0714. The quantitative estimate of drug-likeness (QED) is 0.597. The van der Waals surface area contributed by atoms with E-state index < -0.39 is 5.82 Å². The molecule has 3 aromatic carbocycles. The number of ketones is 1. The maximum Gasteiger partial charge on any atom is 0.254 e. The second-order valence-electron chi connectivity index (χ2n) is 7.60. The third-order valence-electron chi connectivity index (χ3n) is 5.51. The van der Waals surface area contributed by atoms with Crippen molar-refractivity contribution < 1.29 is 18.4 Å². The molecule has 1 heterocycles. The van der Waals surface area contributed by atoms with Gasteiger partial charge < -0.3 is 10.2 Å². The third-order valence-corrected chi connectivity index (χ3v) is 5.51. The molecular weight excluding hydrogens is 398 g/mol. The molecule has 0 atom stereocenters. The van der Waals surface area contributed by atoms with Crippen LogP contribution >= 0.6 is 0 Å². The van der Waals surface area contributed by atoms with Gasteiger partial charge in [-0.1, -0.05) is 18.2 Å². The Hall–Kier alpha value is -3.54. The summed E-state index contributed by atoms with van der Waals surface area (Å²) in [4.78, 5) is 27.8. The second kappa shape index (κ2) is 9.08. The zero-order chi connectivity index (χ0) is 21.8. The number of benzene rings is 3. The lowest BCUT2D eigenvalue weighted by Crippen LogP contribution is -2.42. The molecule has 158 valence electrons. The van der Waals surface area contributed by atoms with E-state index in [1.54, 1.807) is 41.3 Å². The van der Waals surface area contributed by atoms with E-state index >= 15 is 0 Å². The van der Waals surface area contributed by atoms with Gasteiger partial charge in [0.05, 0.1) is 5.56 Å². The Balaban J connectivity index is 1.44. The Bertz CT molecular complexity index is 1070. The number of hydrogen-bond acceptors (Lipinski definition) is 3. The summed E-state index contributed by atoms with van der Waals surface area (Å²) in [7, 11) is 0. The zero-order valence-corrected chi connectivity index (χ0v) is 16.9. The minimum absolute atomic E-state index is 0.186. The Labute approximate surface area is 179 Å². The monoisotopic (exact) mass is 420 g/mol. The van der Waals surface area contributed by atoms with Crippen LogP contribution in [0.1, 0.15) is 39.1 Å². The first-order chi connectivity index (χ1) is 15.0. The summed E-state index contributed by atoms with van der Waals surface area (Å²) in [5, 5.41) is 3.37. The van der Waals surface area contributed by atoms with Gasteiger partial charge in [0.1, 0.15) is 11.6 Å². The molecule has 0 saturated carbocycles. The molecule has 0 aromatic heterocycles. The lowest BCUT2D eigenvalue weighted by Gasteiger charge is -2.33. The number of nitrogens with zero attached hydrogens (tertiary/aromatic N) is 1. The topological polar surface area (TPSA) is 49.4 Å². The predicted molar refractivity (Wildman–Crippen MR) is 115 cm³/mol. The Kier molecular flexibility index (Phi) is 6.07. The molecular formula is C25H22F2N2O2. The summed E-state index contributed by atoms with van der Waals surface area (Å²) in [6.07, 6.45) is 1.49. The number of hydrogen-bond donors (Lipinski definition) is 1. The molecule has 1 aliphatic heterocycles. The van der Waals surface area contributed by atoms with Crippen LogP contribution in [0.4, 0.5) is 14.5 Å². The third kappa shape index (κ3) is 4.79. The summed E-state index contributed by atoms with van der Waals surface area (Å²) in [6.45, 7) is 1.10. The van der Waals surface area contributed by atoms with E-state index in [1.807, 2.05) is 0 Å². The summed E-state index contributed by atoms with van der Waals surface area (Å²) < 4.78 is 26.3. The van der Waals surface area contributed by atoms with E-state index in [4.69, 9.17) is 0 Å². The smallest absolute Gasteiger partial charge is 0.254 e. The number of rotatable bonds is 5. The Morgan fingerprint density at radius 2 is 1.32 bits per heavy atom. The largest absolute Gasteiger partial charge is 0.382 e. The van der Waals surface area contributed by atoms with Crippen LogP contribution < -0.4 is 5.32 Å². The molecule has 0 unspecified atom stereocenters. The van der Waals surface area contributed by atoms with Crippen LogP contribution in [0.5, 0.6) is 0 Å². The van der Waals surface area contributed by atoms with Crippen molar-refractivity contribution in [3.05, 3.63) is 101 Å². The molecule has 6 heteroatoms. The molecule has 0 spiro atoms. The fourth-order valence-electron chi connectivity index (χ4n) is 3.80. The number of likely N-dealkylation sites (tertiary alicyclic amines) is 1. The molecule has 1 saturated heterocycles. The highest BCUT2D eigenvalue weighted by atomic mass is 19.1. The molecule has 3 aromatic rings. The normalized spacial score (nSPS) is 14.3. The number of carbonyl (C=O) groups excluding carboxylic acids is 2. The van der Waals surface area contributed by atoms with Crippen LogP contribution in [-0.4, -0.2) is 35.7 Å². The number of carbonyl (C=O) groups is 2. The summed E-state index contributed by atoms with van der Waals surface area (Å²) in [6, 6.07) is 18.4. The van der Waals surface area contributed by atoms with Crippen LogP contribution in [0.3, 0.4) is 0 Å². The van der Waals surface area contributed by atoms with Crippen LogP contribution in [0.15, 0.2) is 72.8 Å². The molecule has 1 N–H and O–H groups in total. The van der Waals surface area contributed by atoms with Gasteiger partial charge in [-0.3, -0.25) is 9.59 Å². The maximum absolute atomic E-state index is 13.2. The standard InChI is InChI=1S/C25H22F2N2O2/c26-18-7-5-17(6-8-18)24(30)22-3-1-2-4-23(22)25(31)29-15-13-21(14-16-29)28-20-11-9-19(27)10-12-20/h1-12,21,28H,13-16H2. The van der Waals surface area contributed by atoms with E-state index in [0.717, 1.165) is 18.5 Å². The van der Waals surface area contributed by atoms with Gasteiger partial charge in [0.2, 0.25) is 0 Å². The lowest BCUT2D eigenvalue weighted by atomic mass is 9.96. The van der Waals surface area contributed by atoms with E-state index in [2.05, 4.69) is 5.32 Å². The van der Waals surface area contributed by atoms with Crippen molar-refractivity contribution in [2.24, 2.45) is 0 Å². The van der Waals surface area contributed by atoms with Gasteiger partial charge in [0.15, 0.2) is 5.78 Å². The summed E-state index contributed by atoms with van der Waals surface area (Å²) >= 11 is 0. The fourth-order valence-corrected chi connectivity index (χ4v) is 3.80. The second-order valence-corrected chi connectivity index (χ2v) is 7.60. The van der Waals surface area contributed by atoms with Gasteiger partial charge in [-0.05, 0) is 67.4 Å². The molecule has 1 amide bonds. The fraction of sp³-hybridized carbons (Fsp3) is 0.200. The number of nitrogens with one attached hydrogen (secondary N) is 1. The van der Waals surface area contributed by atoms with Gasteiger partial charge >= 0.3 is 0 Å². The molecule has 4 rings (SSSR count). The van der Waals surface area contributed by atoms with Crippen LogP contribution in [-0.2, 0) is 0 Å². The predicted octanol–water partition coefficient (Wildman–Crippen LogP) is 4.91. The average Bonchev–Trinajstić information content (AvgIpc) is 2.81. The molecule has 1 aliphatic rings. The first-order valence-corrected chi connectivity index (χ1v) is 10.2. The average molecular weight is 420 g/mol. The van der Waals surface area contributed by atoms with E-state index in [9.17, 15) is 18.4 Å². The molecule has 1 fully saturated rings. The molecule has 0 radical (unpaired) electrons. The Morgan fingerprint density at radius 3 is 1.94 bits per heavy atom. The van der Waals surface area contributed by atoms with E-state index in [0.29, 0.717) is 29.8 Å². The van der Waals surface area contributed by atoms with E-state index in [-0.39, 0.29) is 23.5 Å². The maximum atomic E-state index is 13.2. The molecule has 0 aliphatic carbocycles. The van der Waals surface area contributed by atoms with Crippen molar-refractivity contribution in [3.8, 4) is 0 Å². The van der Waals surface area contributed by atoms with Crippen LogP contribution in [0, 0.1) is 11.6 Å². The van der Waals surface area contributed by atoms with Crippen molar-refractivity contribution in [2.75, 3.05) is 18.4 Å². The van der Waals surface area contributed by atoms with Gasteiger partial charge in [0.25, 0.3) is 5.91 Å². The highest BCUT2D eigenvalue weighted by Gasteiger charge is 2.26. The Morgan fingerprint density at radius 1 is 0.774 bits per heavy atom. The molecule has 31 heavy (non-hydrogen) atoms. The van der Waals surface area contributed by atoms with Gasteiger partial charge in [-0.2, -0.15) is 0 Å². The highest BCUT2D eigenvalue weighted by Crippen LogP contribution is 2.21. The van der Waals surface area contributed by atoms with Crippen LogP contribution in [0.25, 0.3) is 0 Å². The van der Waals surface area contributed by atoms with Crippen molar-refractivity contribution in [2.45, 2.75) is 18.9 Å². The van der Waals surface area contributed by atoms with Crippen molar-refractivity contribution in [1.29, 1.82) is 0 Å². The summed E-state index contributed by atoms with van der Waals surface area (Å²) in [5.41, 5.74) is 1.85. The highest BCUT2D eigenvalue weighted by molar-refractivity contribution is 6.15. The van der Waals surface area contributed by atoms with Crippen LogP contribution in [0.2, 0.25) is 0 Å². The summed E-state index contributed by atoms with van der Waals surface area (Å²) in [5.74, 6) is -1.19.